The van der Waals surface area contributed by atoms with Crippen LogP contribution in [0.2, 0.25) is 0 Å². The van der Waals surface area contributed by atoms with E-state index in [-0.39, 0.29) is 4.77 Å². The van der Waals surface area contributed by atoms with Crippen LogP contribution in [0.15, 0.2) is 59.7 Å². The van der Waals surface area contributed by atoms with Crippen molar-refractivity contribution in [1.29, 1.82) is 0 Å². The van der Waals surface area contributed by atoms with Gasteiger partial charge in [-0.2, -0.15) is 22.9 Å². The molecule has 0 unspecified atom stereocenters. The Morgan fingerprint density at radius 1 is 1.15 bits per heavy atom. The van der Waals surface area contributed by atoms with Crippen LogP contribution in [0, 0.1) is 4.77 Å². The molecule has 2 aromatic carbocycles. The van der Waals surface area contributed by atoms with Gasteiger partial charge < -0.3 is 4.74 Å². The van der Waals surface area contributed by atoms with E-state index in [0.29, 0.717) is 22.6 Å². The second kappa shape index (κ2) is 7.52. The number of benzene rings is 2. The van der Waals surface area contributed by atoms with Gasteiger partial charge in [-0.15, -0.1) is 5.10 Å². The lowest BCUT2D eigenvalue weighted by Gasteiger charge is -2.07. The number of nitrogens with one attached hydrogen (secondary N) is 1. The highest BCUT2D eigenvalue weighted by Crippen LogP contribution is 2.27. The van der Waals surface area contributed by atoms with Crippen LogP contribution in [0.4, 0.5) is 13.2 Å². The number of halogens is 3. The predicted molar refractivity (Wildman–Crippen MR) is 92.6 cm³/mol. The number of hydrogen-bond acceptors (Lipinski definition) is 4. The van der Waals surface area contributed by atoms with E-state index < -0.39 is 12.0 Å². The summed E-state index contributed by atoms with van der Waals surface area (Å²) in [7, 11) is 0. The monoisotopic (exact) mass is 378 g/mol. The molecule has 3 rings (SSSR count). The van der Waals surface area contributed by atoms with Crippen LogP contribution in [-0.4, -0.2) is 21.1 Å². The molecule has 0 aliphatic heterocycles. The molecule has 0 saturated heterocycles. The zero-order valence-corrected chi connectivity index (χ0v) is 14.1. The van der Waals surface area contributed by atoms with E-state index in [9.17, 15) is 13.2 Å². The van der Waals surface area contributed by atoms with Crippen LogP contribution in [0.3, 0.4) is 0 Å². The molecule has 134 valence electrons. The average Bonchev–Trinajstić information content (AvgIpc) is 3.00. The Morgan fingerprint density at radius 2 is 1.92 bits per heavy atom. The van der Waals surface area contributed by atoms with Crippen molar-refractivity contribution in [3.05, 3.63) is 76.3 Å². The first-order valence-electron chi connectivity index (χ1n) is 7.49. The molecule has 1 heterocycles. The smallest absolute Gasteiger partial charge is 0.453 e. The Morgan fingerprint density at radius 3 is 2.65 bits per heavy atom. The number of nitrogens with zero attached hydrogens (tertiary/aromatic N) is 3. The first-order valence-corrected chi connectivity index (χ1v) is 7.90. The number of aromatic amines is 1. The predicted octanol–water partition coefficient (Wildman–Crippen LogP) is 4.42. The normalized spacial score (nSPS) is 11.8. The summed E-state index contributed by atoms with van der Waals surface area (Å²) in [6.45, 7) is 0.381. The van der Waals surface area contributed by atoms with Gasteiger partial charge in [0.05, 0.1) is 6.21 Å². The van der Waals surface area contributed by atoms with Gasteiger partial charge in [0.2, 0.25) is 4.77 Å². The van der Waals surface area contributed by atoms with Crippen LogP contribution >= 0.6 is 12.2 Å². The maximum absolute atomic E-state index is 12.9. The molecule has 0 saturated carbocycles. The summed E-state index contributed by atoms with van der Waals surface area (Å²) in [5, 5.41) is 9.03. The molecule has 0 radical (unpaired) electrons. The first kappa shape index (κ1) is 17.9. The zero-order valence-electron chi connectivity index (χ0n) is 13.3. The maximum Gasteiger partial charge on any atom is 0.453 e. The van der Waals surface area contributed by atoms with Crippen molar-refractivity contribution in [1.82, 2.24) is 14.9 Å². The summed E-state index contributed by atoms with van der Waals surface area (Å²) in [4.78, 5) is 0. The van der Waals surface area contributed by atoms with E-state index in [4.69, 9.17) is 17.0 Å². The van der Waals surface area contributed by atoms with Gasteiger partial charge in [-0.05, 0) is 35.5 Å². The molecule has 0 atom stereocenters. The SMILES string of the molecule is FC(F)(F)c1n[nH]c(=S)n1/N=C\c1cccc(OCc2ccccc2)c1. The number of ether oxygens (including phenoxy) is 1. The number of aromatic nitrogens is 3. The minimum Gasteiger partial charge on any atom is -0.489 e. The lowest BCUT2D eigenvalue weighted by atomic mass is 10.2. The summed E-state index contributed by atoms with van der Waals surface area (Å²) >= 11 is 4.79. The van der Waals surface area contributed by atoms with Gasteiger partial charge >= 0.3 is 6.18 Å². The molecule has 0 spiro atoms. The fourth-order valence-electron chi connectivity index (χ4n) is 2.13. The van der Waals surface area contributed by atoms with Crippen molar-refractivity contribution in [2.24, 2.45) is 5.10 Å². The van der Waals surface area contributed by atoms with Gasteiger partial charge in [-0.3, -0.25) is 0 Å². The lowest BCUT2D eigenvalue weighted by molar-refractivity contribution is -0.147. The largest absolute Gasteiger partial charge is 0.489 e. The van der Waals surface area contributed by atoms with Gasteiger partial charge in [0.25, 0.3) is 5.82 Å². The van der Waals surface area contributed by atoms with E-state index in [1.807, 2.05) is 30.3 Å². The Labute approximate surface area is 151 Å². The second-order valence-corrected chi connectivity index (χ2v) is 5.64. The number of H-pyrrole nitrogens is 1. The fraction of sp³-hybridized carbons (Fsp3) is 0.118. The standard InChI is InChI=1S/C17H13F3N4OS/c18-17(19,20)15-22-23-16(26)24(15)21-10-13-7-4-8-14(9-13)25-11-12-5-2-1-3-6-12/h1-10H,11H2,(H,23,26)/b21-10-. The number of alkyl halides is 3. The minimum atomic E-state index is -4.66. The molecule has 9 heteroatoms. The molecule has 3 aromatic rings. The van der Waals surface area contributed by atoms with Crippen molar-refractivity contribution in [3.63, 3.8) is 0 Å². The van der Waals surface area contributed by atoms with Gasteiger partial charge in [0.1, 0.15) is 12.4 Å². The molecule has 1 N–H and O–H groups in total. The Kier molecular flexibility index (Phi) is 5.17. The summed E-state index contributed by atoms with van der Waals surface area (Å²) in [5.41, 5.74) is 1.57. The first-order chi connectivity index (χ1) is 12.4. The van der Waals surface area contributed by atoms with Gasteiger partial charge in [0.15, 0.2) is 0 Å². The molecule has 1 aromatic heterocycles. The van der Waals surface area contributed by atoms with E-state index >= 15 is 0 Å². The summed E-state index contributed by atoms with van der Waals surface area (Å²) < 4.78 is 44.6. The van der Waals surface area contributed by atoms with Crippen molar-refractivity contribution >= 4 is 18.4 Å². The number of hydrogen-bond donors (Lipinski definition) is 1. The van der Waals surface area contributed by atoms with Crippen molar-refractivity contribution < 1.29 is 17.9 Å². The summed E-state index contributed by atoms with van der Waals surface area (Å²) in [6, 6.07) is 16.4. The van der Waals surface area contributed by atoms with Crippen LogP contribution in [0.25, 0.3) is 0 Å². The average molecular weight is 378 g/mol. The lowest BCUT2D eigenvalue weighted by Crippen LogP contribution is -2.12. The third-order valence-electron chi connectivity index (χ3n) is 3.33. The van der Waals surface area contributed by atoms with Crippen LogP contribution in [0.5, 0.6) is 5.75 Å². The van der Waals surface area contributed by atoms with Crippen LogP contribution < -0.4 is 4.74 Å². The maximum atomic E-state index is 12.9. The highest BCUT2D eigenvalue weighted by atomic mass is 32.1. The van der Waals surface area contributed by atoms with E-state index in [2.05, 4.69) is 15.3 Å². The van der Waals surface area contributed by atoms with Crippen molar-refractivity contribution in [2.45, 2.75) is 12.8 Å². The van der Waals surface area contributed by atoms with Crippen molar-refractivity contribution in [2.75, 3.05) is 0 Å². The van der Waals surface area contributed by atoms with E-state index in [0.717, 1.165) is 5.56 Å². The van der Waals surface area contributed by atoms with Gasteiger partial charge in [-0.1, -0.05) is 42.5 Å². The van der Waals surface area contributed by atoms with Crippen LogP contribution in [-0.2, 0) is 12.8 Å². The van der Waals surface area contributed by atoms with E-state index in [1.165, 1.54) is 6.21 Å². The van der Waals surface area contributed by atoms with Gasteiger partial charge in [0, 0.05) is 0 Å². The zero-order chi connectivity index (χ0) is 18.6. The molecule has 0 fully saturated rings. The molecular weight excluding hydrogens is 365 g/mol. The highest BCUT2D eigenvalue weighted by molar-refractivity contribution is 7.71. The Hall–Kier alpha value is -2.94. The second-order valence-electron chi connectivity index (χ2n) is 5.25. The molecular formula is C17H13F3N4OS. The molecule has 0 amide bonds. The Bertz CT molecular complexity index is 964. The topological polar surface area (TPSA) is 55.2 Å². The third kappa shape index (κ3) is 4.37. The quantitative estimate of drug-likeness (QED) is 0.528. The van der Waals surface area contributed by atoms with Crippen molar-refractivity contribution in [3.8, 4) is 5.75 Å². The molecule has 26 heavy (non-hydrogen) atoms. The highest BCUT2D eigenvalue weighted by Gasteiger charge is 2.37. The Balaban J connectivity index is 1.76. The van der Waals surface area contributed by atoms with Crippen LogP contribution in [0.1, 0.15) is 17.0 Å². The third-order valence-corrected chi connectivity index (χ3v) is 3.60. The molecule has 5 nitrogen and oxygen atoms in total. The summed E-state index contributed by atoms with van der Waals surface area (Å²) in [6.07, 6.45) is -3.40. The molecule has 0 aliphatic carbocycles. The minimum absolute atomic E-state index is 0.245. The summed E-state index contributed by atoms with van der Waals surface area (Å²) in [5.74, 6) is -0.639. The van der Waals surface area contributed by atoms with Gasteiger partial charge in [-0.25, -0.2) is 5.10 Å². The number of rotatable bonds is 5. The molecule has 0 aliphatic rings. The molecule has 0 bridgehead atoms. The fourth-order valence-corrected chi connectivity index (χ4v) is 2.31. The van der Waals surface area contributed by atoms with E-state index in [1.54, 1.807) is 24.3 Å².